The third-order valence-corrected chi connectivity index (χ3v) is 3.18. The van der Waals surface area contributed by atoms with Gasteiger partial charge in [0.05, 0.1) is 5.69 Å². The molecule has 88 valence electrons. The fourth-order valence-corrected chi connectivity index (χ4v) is 2.25. The zero-order chi connectivity index (χ0) is 12.3. The summed E-state index contributed by atoms with van der Waals surface area (Å²) in [6.45, 7) is 4.29. The first-order valence-corrected chi connectivity index (χ1v) is 6.38. The maximum atomic E-state index is 5.61. The fourth-order valence-electron chi connectivity index (χ4n) is 1.38. The average Bonchev–Trinajstić information content (AvgIpc) is 2.75. The molecule has 0 spiro atoms. The summed E-state index contributed by atoms with van der Waals surface area (Å²) < 4.78 is 0. The number of hydrogen-bond donors (Lipinski definition) is 1. The molecule has 4 heteroatoms. The number of nitrogen functional groups attached to an aromatic ring is 1. The number of aromatic nitrogens is 2. The SMILES string of the molecule is CC(C)c1csc(C=Cc2ccnc(N)c2)n1. The highest BCUT2D eigenvalue weighted by Crippen LogP contribution is 2.19. The van der Waals surface area contributed by atoms with E-state index < -0.39 is 0 Å². The van der Waals surface area contributed by atoms with Crippen LogP contribution in [-0.2, 0) is 0 Å². The lowest BCUT2D eigenvalue weighted by atomic mass is 10.2. The van der Waals surface area contributed by atoms with Crippen LogP contribution < -0.4 is 5.73 Å². The minimum atomic E-state index is 0.477. The van der Waals surface area contributed by atoms with Gasteiger partial charge in [-0.3, -0.25) is 0 Å². The molecule has 0 aliphatic rings. The summed E-state index contributed by atoms with van der Waals surface area (Å²) in [5, 5.41) is 3.12. The summed E-state index contributed by atoms with van der Waals surface area (Å²) in [4.78, 5) is 8.49. The van der Waals surface area contributed by atoms with Crippen molar-refractivity contribution in [2.45, 2.75) is 19.8 Å². The highest BCUT2D eigenvalue weighted by atomic mass is 32.1. The Morgan fingerprint density at radius 2 is 2.18 bits per heavy atom. The molecule has 0 aliphatic carbocycles. The summed E-state index contributed by atoms with van der Waals surface area (Å²) in [6.07, 6.45) is 5.71. The highest BCUT2D eigenvalue weighted by molar-refractivity contribution is 7.10. The lowest BCUT2D eigenvalue weighted by molar-refractivity contribution is 0.832. The van der Waals surface area contributed by atoms with Crippen LogP contribution in [0.25, 0.3) is 12.2 Å². The summed E-state index contributed by atoms with van der Waals surface area (Å²) in [5.74, 6) is 1.01. The van der Waals surface area contributed by atoms with Crippen molar-refractivity contribution in [3.8, 4) is 0 Å². The Kier molecular flexibility index (Phi) is 3.54. The molecule has 17 heavy (non-hydrogen) atoms. The van der Waals surface area contributed by atoms with Crippen LogP contribution in [0.5, 0.6) is 0 Å². The van der Waals surface area contributed by atoms with E-state index in [9.17, 15) is 0 Å². The summed E-state index contributed by atoms with van der Waals surface area (Å²) >= 11 is 1.66. The third-order valence-electron chi connectivity index (χ3n) is 2.35. The van der Waals surface area contributed by atoms with Gasteiger partial charge < -0.3 is 5.73 Å². The van der Waals surface area contributed by atoms with E-state index >= 15 is 0 Å². The minimum absolute atomic E-state index is 0.477. The molecule has 0 saturated carbocycles. The van der Waals surface area contributed by atoms with Crippen LogP contribution in [0.1, 0.15) is 36.0 Å². The standard InChI is InChI=1S/C13H15N3S/c1-9(2)11-8-17-13(16-11)4-3-10-5-6-15-12(14)7-10/h3-9H,1-2H3,(H2,14,15). The molecule has 0 aliphatic heterocycles. The summed E-state index contributed by atoms with van der Waals surface area (Å²) in [5.41, 5.74) is 7.80. The molecule has 2 aromatic heterocycles. The quantitative estimate of drug-likeness (QED) is 0.901. The van der Waals surface area contributed by atoms with Gasteiger partial charge in [-0.1, -0.05) is 19.9 Å². The number of rotatable bonds is 3. The summed E-state index contributed by atoms with van der Waals surface area (Å²) in [6, 6.07) is 3.76. The fraction of sp³-hybridized carbons (Fsp3) is 0.231. The molecule has 2 aromatic rings. The van der Waals surface area contributed by atoms with Crippen molar-refractivity contribution in [1.29, 1.82) is 0 Å². The molecule has 0 unspecified atom stereocenters. The van der Waals surface area contributed by atoms with Crippen LogP contribution in [0.3, 0.4) is 0 Å². The van der Waals surface area contributed by atoms with Crippen molar-refractivity contribution in [2.75, 3.05) is 5.73 Å². The predicted molar refractivity (Wildman–Crippen MR) is 73.8 cm³/mol. The number of thiazole rings is 1. The Labute approximate surface area is 105 Å². The topological polar surface area (TPSA) is 51.8 Å². The Bertz CT molecular complexity index is 529. The first-order valence-electron chi connectivity index (χ1n) is 5.50. The molecule has 0 amide bonds. The third kappa shape index (κ3) is 3.14. The summed E-state index contributed by atoms with van der Waals surface area (Å²) in [7, 11) is 0. The lowest BCUT2D eigenvalue weighted by Gasteiger charge is -1.96. The Morgan fingerprint density at radius 1 is 1.35 bits per heavy atom. The van der Waals surface area contributed by atoms with Gasteiger partial charge in [-0.05, 0) is 29.7 Å². The maximum Gasteiger partial charge on any atom is 0.123 e. The molecular weight excluding hydrogens is 230 g/mol. The normalized spacial score (nSPS) is 11.5. The van der Waals surface area contributed by atoms with Gasteiger partial charge in [0.2, 0.25) is 0 Å². The number of hydrogen-bond acceptors (Lipinski definition) is 4. The maximum absolute atomic E-state index is 5.61. The van der Waals surface area contributed by atoms with Gasteiger partial charge in [-0.15, -0.1) is 11.3 Å². The monoisotopic (exact) mass is 245 g/mol. The highest BCUT2D eigenvalue weighted by Gasteiger charge is 2.02. The molecule has 0 radical (unpaired) electrons. The van der Waals surface area contributed by atoms with Gasteiger partial charge in [-0.2, -0.15) is 0 Å². The van der Waals surface area contributed by atoms with Crippen LogP contribution in [0.15, 0.2) is 23.7 Å². The number of nitrogens with two attached hydrogens (primary N) is 1. The van der Waals surface area contributed by atoms with Gasteiger partial charge >= 0.3 is 0 Å². The molecule has 0 atom stereocenters. The predicted octanol–water partition coefficient (Wildman–Crippen LogP) is 3.41. The lowest BCUT2D eigenvalue weighted by Crippen LogP contribution is -1.88. The zero-order valence-electron chi connectivity index (χ0n) is 9.92. The van der Waals surface area contributed by atoms with E-state index in [1.165, 1.54) is 0 Å². The molecular formula is C13H15N3S. The first-order chi connectivity index (χ1) is 8.15. The molecule has 3 nitrogen and oxygen atoms in total. The molecule has 2 heterocycles. The van der Waals surface area contributed by atoms with E-state index in [2.05, 4.69) is 29.2 Å². The second kappa shape index (κ2) is 5.10. The van der Waals surface area contributed by atoms with Crippen molar-refractivity contribution >= 4 is 29.3 Å². The largest absolute Gasteiger partial charge is 0.384 e. The van der Waals surface area contributed by atoms with Crippen LogP contribution in [0.2, 0.25) is 0 Å². The van der Waals surface area contributed by atoms with Gasteiger partial charge in [0.15, 0.2) is 0 Å². The minimum Gasteiger partial charge on any atom is -0.384 e. The number of pyridine rings is 1. The second-order valence-electron chi connectivity index (χ2n) is 4.11. The van der Waals surface area contributed by atoms with Gasteiger partial charge in [-0.25, -0.2) is 9.97 Å². The Hall–Kier alpha value is -1.68. The smallest absolute Gasteiger partial charge is 0.123 e. The van der Waals surface area contributed by atoms with Crippen molar-refractivity contribution in [3.05, 3.63) is 40.0 Å². The average molecular weight is 245 g/mol. The van der Waals surface area contributed by atoms with Crippen LogP contribution >= 0.6 is 11.3 Å². The van der Waals surface area contributed by atoms with E-state index in [1.54, 1.807) is 17.5 Å². The van der Waals surface area contributed by atoms with Gasteiger partial charge in [0.25, 0.3) is 0 Å². The van der Waals surface area contributed by atoms with E-state index in [4.69, 9.17) is 5.73 Å². The van der Waals surface area contributed by atoms with Gasteiger partial charge in [0.1, 0.15) is 10.8 Å². The molecule has 2 rings (SSSR count). The molecule has 0 bridgehead atoms. The van der Waals surface area contributed by atoms with Crippen LogP contribution in [0.4, 0.5) is 5.82 Å². The van der Waals surface area contributed by atoms with Crippen LogP contribution in [-0.4, -0.2) is 9.97 Å². The van der Waals surface area contributed by atoms with Crippen LogP contribution in [0, 0.1) is 0 Å². The zero-order valence-corrected chi connectivity index (χ0v) is 10.7. The number of anilines is 1. The van der Waals surface area contributed by atoms with E-state index in [0.717, 1.165) is 16.3 Å². The number of nitrogens with zero attached hydrogens (tertiary/aromatic N) is 2. The van der Waals surface area contributed by atoms with E-state index in [-0.39, 0.29) is 0 Å². The van der Waals surface area contributed by atoms with Crippen molar-refractivity contribution in [1.82, 2.24) is 9.97 Å². The molecule has 0 fully saturated rings. The molecule has 2 N–H and O–H groups in total. The van der Waals surface area contributed by atoms with Crippen molar-refractivity contribution in [3.63, 3.8) is 0 Å². The second-order valence-corrected chi connectivity index (χ2v) is 5.00. The van der Waals surface area contributed by atoms with E-state index in [1.807, 2.05) is 24.3 Å². The van der Waals surface area contributed by atoms with E-state index in [0.29, 0.717) is 11.7 Å². The van der Waals surface area contributed by atoms with Gasteiger partial charge in [0, 0.05) is 11.6 Å². The molecule has 0 aromatic carbocycles. The van der Waals surface area contributed by atoms with Crippen molar-refractivity contribution in [2.24, 2.45) is 0 Å². The molecule has 0 saturated heterocycles. The Morgan fingerprint density at radius 3 is 2.82 bits per heavy atom. The van der Waals surface area contributed by atoms with Crippen molar-refractivity contribution < 1.29 is 0 Å². The Balaban J connectivity index is 2.14. The first kappa shape index (κ1) is 11.8.